The van der Waals surface area contributed by atoms with E-state index in [9.17, 15) is 4.79 Å². The number of nitrogens with zero attached hydrogens (tertiary/aromatic N) is 1. The van der Waals surface area contributed by atoms with Crippen LogP contribution >= 0.6 is 47.8 Å². The molecule has 9 heteroatoms. The standard InChI is InChI=1S/C16H20ClN3O2S.2ClH/c1-22-9-8-18-6-7-19-15(21)10-14-11-23-16(20-14)12-2-4-13(17)5-3-12;;/h2-5,11,18H,6-10H2,1H3,(H,19,21);2*1H. The number of methoxy groups -OCH3 is 1. The summed E-state index contributed by atoms with van der Waals surface area (Å²) in [5.74, 6) is -0.0218. The molecule has 25 heavy (non-hydrogen) atoms. The average molecular weight is 427 g/mol. The number of carbonyl (C=O) groups is 1. The number of rotatable bonds is 9. The number of hydrogen-bond acceptors (Lipinski definition) is 5. The Labute approximate surface area is 169 Å². The number of ether oxygens (including phenoxy) is 1. The van der Waals surface area contributed by atoms with Crippen LogP contribution < -0.4 is 10.6 Å². The molecule has 0 atom stereocenters. The minimum atomic E-state index is -0.0218. The number of aromatic nitrogens is 1. The van der Waals surface area contributed by atoms with Gasteiger partial charge >= 0.3 is 0 Å². The first kappa shape index (κ1) is 24.1. The molecule has 1 amide bonds. The molecule has 0 aliphatic carbocycles. The van der Waals surface area contributed by atoms with Crippen molar-refractivity contribution in [2.45, 2.75) is 6.42 Å². The molecule has 0 radical (unpaired) electrons. The fourth-order valence-electron chi connectivity index (χ4n) is 1.93. The van der Waals surface area contributed by atoms with E-state index in [1.165, 1.54) is 11.3 Å². The maximum atomic E-state index is 11.9. The number of nitrogens with one attached hydrogen (secondary N) is 2. The number of amides is 1. The molecule has 5 nitrogen and oxygen atoms in total. The van der Waals surface area contributed by atoms with Crippen molar-refractivity contribution < 1.29 is 9.53 Å². The Hall–Kier alpha value is -0.890. The third-order valence-corrected chi connectivity index (χ3v) is 4.28. The van der Waals surface area contributed by atoms with E-state index in [2.05, 4.69) is 15.6 Å². The number of hydrogen-bond donors (Lipinski definition) is 2. The van der Waals surface area contributed by atoms with E-state index in [4.69, 9.17) is 16.3 Å². The van der Waals surface area contributed by atoms with Gasteiger partial charge < -0.3 is 15.4 Å². The van der Waals surface area contributed by atoms with Crippen LogP contribution in [0.3, 0.4) is 0 Å². The molecule has 0 saturated heterocycles. The molecule has 1 aromatic heterocycles. The summed E-state index contributed by atoms with van der Waals surface area (Å²) in [6.45, 7) is 2.77. The molecule has 0 saturated carbocycles. The maximum Gasteiger partial charge on any atom is 0.226 e. The molecular formula is C16H22Cl3N3O2S. The zero-order chi connectivity index (χ0) is 16.5. The molecule has 0 unspecified atom stereocenters. The van der Waals surface area contributed by atoms with Crippen molar-refractivity contribution in [3.05, 3.63) is 40.4 Å². The highest BCUT2D eigenvalue weighted by Gasteiger charge is 2.08. The molecule has 0 fully saturated rings. The van der Waals surface area contributed by atoms with E-state index in [1.54, 1.807) is 7.11 Å². The summed E-state index contributed by atoms with van der Waals surface area (Å²) in [7, 11) is 1.66. The van der Waals surface area contributed by atoms with Gasteiger partial charge in [-0.1, -0.05) is 23.7 Å². The number of halogens is 3. The number of thiazole rings is 1. The van der Waals surface area contributed by atoms with E-state index in [0.29, 0.717) is 24.6 Å². The van der Waals surface area contributed by atoms with E-state index in [0.717, 1.165) is 29.4 Å². The highest BCUT2D eigenvalue weighted by Crippen LogP contribution is 2.25. The summed E-state index contributed by atoms with van der Waals surface area (Å²) in [5.41, 5.74) is 1.79. The van der Waals surface area contributed by atoms with Gasteiger partial charge in [0.05, 0.1) is 18.7 Å². The zero-order valence-corrected chi connectivity index (χ0v) is 17.0. The summed E-state index contributed by atoms with van der Waals surface area (Å²) in [4.78, 5) is 16.4. The Kier molecular flexibility index (Phi) is 12.9. The Morgan fingerprint density at radius 2 is 1.92 bits per heavy atom. The molecule has 140 valence electrons. The normalized spacial score (nSPS) is 9.84. The van der Waals surface area contributed by atoms with Crippen molar-refractivity contribution in [3.63, 3.8) is 0 Å². The lowest BCUT2D eigenvalue weighted by Gasteiger charge is -2.05. The Balaban J connectivity index is 0.00000288. The lowest BCUT2D eigenvalue weighted by atomic mass is 10.2. The summed E-state index contributed by atoms with van der Waals surface area (Å²) in [6.07, 6.45) is 0.294. The van der Waals surface area contributed by atoms with Crippen LogP contribution in [0.5, 0.6) is 0 Å². The maximum absolute atomic E-state index is 11.9. The SMILES string of the molecule is COCCNCCNC(=O)Cc1csc(-c2ccc(Cl)cc2)n1.Cl.Cl. The molecule has 0 bridgehead atoms. The molecule has 0 aliphatic heterocycles. The summed E-state index contributed by atoms with van der Waals surface area (Å²) >= 11 is 7.41. The minimum absolute atomic E-state index is 0. The monoisotopic (exact) mass is 425 g/mol. The van der Waals surface area contributed by atoms with E-state index in [1.807, 2.05) is 29.6 Å². The molecule has 2 rings (SSSR count). The van der Waals surface area contributed by atoms with Gasteiger partial charge in [0.2, 0.25) is 5.91 Å². The molecule has 2 aromatic rings. The fraction of sp³-hybridized carbons (Fsp3) is 0.375. The molecule has 1 aromatic carbocycles. The summed E-state index contributed by atoms with van der Waals surface area (Å²) in [5, 5.41) is 9.55. The van der Waals surface area contributed by atoms with Gasteiger partial charge in [-0.2, -0.15) is 0 Å². The second-order valence-corrected chi connectivity index (χ2v) is 6.21. The van der Waals surface area contributed by atoms with Crippen molar-refractivity contribution in [1.29, 1.82) is 0 Å². The highest BCUT2D eigenvalue weighted by molar-refractivity contribution is 7.13. The third-order valence-electron chi connectivity index (χ3n) is 3.09. The first-order chi connectivity index (χ1) is 11.2. The predicted molar refractivity (Wildman–Crippen MR) is 109 cm³/mol. The van der Waals surface area contributed by atoms with Gasteiger partial charge in [0, 0.05) is 42.7 Å². The summed E-state index contributed by atoms with van der Waals surface area (Å²) in [6, 6.07) is 7.52. The second-order valence-electron chi connectivity index (χ2n) is 4.92. The predicted octanol–water partition coefficient (Wildman–Crippen LogP) is 3.20. The van der Waals surface area contributed by atoms with Gasteiger partial charge in [0.25, 0.3) is 0 Å². The molecular weight excluding hydrogens is 405 g/mol. The van der Waals surface area contributed by atoms with Crippen LogP contribution in [0.2, 0.25) is 5.02 Å². The average Bonchev–Trinajstić information content (AvgIpc) is 3.00. The van der Waals surface area contributed by atoms with Gasteiger partial charge in [0.15, 0.2) is 0 Å². The van der Waals surface area contributed by atoms with Gasteiger partial charge in [-0.15, -0.1) is 36.2 Å². The van der Waals surface area contributed by atoms with Crippen LogP contribution in [0.4, 0.5) is 0 Å². The number of benzene rings is 1. The topological polar surface area (TPSA) is 63.2 Å². The van der Waals surface area contributed by atoms with Gasteiger partial charge in [-0.3, -0.25) is 4.79 Å². The van der Waals surface area contributed by atoms with Crippen molar-refractivity contribution in [1.82, 2.24) is 15.6 Å². The molecule has 2 N–H and O–H groups in total. The smallest absolute Gasteiger partial charge is 0.226 e. The Bertz CT molecular complexity index is 623. The van der Waals surface area contributed by atoms with Crippen molar-refractivity contribution in [2.24, 2.45) is 0 Å². The van der Waals surface area contributed by atoms with Gasteiger partial charge in [0.1, 0.15) is 5.01 Å². The van der Waals surface area contributed by atoms with Crippen molar-refractivity contribution >= 4 is 53.7 Å². The van der Waals surface area contributed by atoms with Gasteiger partial charge in [-0.25, -0.2) is 4.98 Å². The van der Waals surface area contributed by atoms with Crippen molar-refractivity contribution in [2.75, 3.05) is 33.4 Å². The van der Waals surface area contributed by atoms with Crippen LogP contribution in [0.1, 0.15) is 5.69 Å². The third kappa shape index (κ3) is 8.85. The van der Waals surface area contributed by atoms with Crippen LogP contribution in [-0.2, 0) is 16.0 Å². The minimum Gasteiger partial charge on any atom is -0.383 e. The molecule has 1 heterocycles. The fourth-order valence-corrected chi connectivity index (χ4v) is 2.88. The Morgan fingerprint density at radius 1 is 1.20 bits per heavy atom. The van der Waals surface area contributed by atoms with E-state index in [-0.39, 0.29) is 30.7 Å². The van der Waals surface area contributed by atoms with Crippen molar-refractivity contribution in [3.8, 4) is 10.6 Å². The quantitative estimate of drug-likeness (QED) is 0.604. The summed E-state index contributed by atoms with van der Waals surface area (Å²) < 4.78 is 4.93. The largest absolute Gasteiger partial charge is 0.383 e. The second kappa shape index (κ2) is 13.3. The van der Waals surface area contributed by atoms with E-state index < -0.39 is 0 Å². The highest BCUT2D eigenvalue weighted by atomic mass is 35.5. The van der Waals surface area contributed by atoms with Crippen LogP contribution in [-0.4, -0.2) is 44.2 Å². The van der Waals surface area contributed by atoms with Gasteiger partial charge in [-0.05, 0) is 12.1 Å². The zero-order valence-electron chi connectivity index (χ0n) is 13.8. The lowest BCUT2D eigenvalue weighted by molar-refractivity contribution is -0.120. The van der Waals surface area contributed by atoms with Crippen LogP contribution in [0.25, 0.3) is 10.6 Å². The first-order valence-electron chi connectivity index (χ1n) is 7.35. The first-order valence-corrected chi connectivity index (χ1v) is 8.61. The lowest BCUT2D eigenvalue weighted by Crippen LogP contribution is -2.33. The van der Waals surface area contributed by atoms with Crippen LogP contribution in [0, 0.1) is 0 Å². The Morgan fingerprint density at radius 3 is 2.60 bits per heavy atom. The molecule has 0 aliphatic rings. The van der Waals surface area contributed by atoms with E-state index >= 15 is 0 Å². The van der Waals surface area contributed by atoms with Crippen LogP contribution in [0.15, 0.2) is 29.6 Å². The molecule has 0 spiro atoms. The number of carbonyl (C=O) groups excluding carboxylic acids is 1.